The molecule has 1 saturated heterocycles. The minimum atomic E-state index is -0.425. The van der Waals surface area contributed by atoms with Crippen LogP contribution in [0.1, 0.15) is 19.4 Å². The Labute approximate surface area is 161 Å². The summed E-state index contributed by atoms with van der Waals surface area (Å²) in [6.07, 6.45) is 5.79. The maximum Gasteiger partial charge on any atom is 0.292 e. The predicted octanol–water partition coefficient (Wildman–Crippen LogP) is 2.04. The van der Waals surface area contributed by atoms with Gasteiger partial charge in [-0.05, 0) is 18.6 Å². The van der Waals surface area contributed by atoms with Crippen LogP contribution in [0.5, 0.6) is 0 Å². The lowest BCUT2D eigenvalue weighted by molar-refractivity contribution is -0.384. The molecule has 1 aliphatic rings. The molecule has 2 N–H and O–H groups in total. The summed E-state index contributed by atoms with van der Waals surface area (Å²) < 4.78 is 5.17. The average molecular weight is 378 g/mol. The van der Waals surface area contributed by atoms with Crippen LogP contribution in [-0.2, 0) is 9.53 Å². The zero-order valence-electron chi connectivity index (χ0n) is 16.4. The van der Waals surface area contributed by atoms with Crippen molar-refractivity contribution in [2.45, 2.75) is 20.8 Å². The molecule has 1 heterocycles. The van der Waals surface area contributed by atoms with E-state index in [2.05, 4.69) is 21.5 Å². The molecule has 1 aromatic rings. The van der Waals surface area contributed by atoms with Crippen LogP contribution in [0.3, 0.4) is 0 Å². The lowest BCUT2D eigenvalue weighted by Gasteiger charge is -2.26. The van der Waals surface area contributed by atoms with E-state index < -0.39 is 4.92 Å². The Bertz CT molecular complexity index is 596. The van der Waals surface area contributed by atoms with Gasteiger partial charge in [0.2, 0.25) is 6.41 Å². The molecule has 0 radical (unpaired) electrons. The third kappa shape index (κ3) is 10.8. The molecule has 1 amide bonds. The number of hydrogen-bond acceptors (Lipinski definition) is 6. The van der Waals surface area contributed by atoms with E-state index in [1.54, 1.807) is 19.1 Å². The summed E-state index contributed by atoms with van der Waals surface area (Å²) in [4.78, 5) is 22.4. The summed E-state index contributed by atoms with van der Waals surface area (Å²) in [6, 6.07) is 4.97. The highest BCUT2D eigenvalue weighted by Gasteiger charge is 2.12. The molecule has 8 nitrogen and oxygen atoms in total. The first-order valence-electron chi connectivity index (χ1n) is 8.98. The molecule has 0 atom stereocenters. The Kier molecular flexibility index (Phi) is 14.1. The summed E-state index contributed by atoms with van der Waals surface area (Å²) in [7, 11) is 0. The second-order valence-corrected chi connectivity index (χ2v) is 5.36. The van der Waals surface area contributed by atoms with Crippen LogP contribution < -0.4 is 10.6 Å². The number of carbonyl (C=O) groups excluding carboxylic acids is 1. The molecule has 150 valence electrons. The first-order chi connectivity index (χ1) is 13.1. The van der Waals surface area contributed by atoms with E-state index in [1.165, 1.54) is 6.07 Å². The maximum atomic E-state index is 10.7. The quantitative estimate of drug-likeness (QED) is 0.248. The van der Waals surface area contributed by atoms with Crippen molar-refractivity contribution in [2.24, 2.45) is 0 Å². The Hall–Kier alpha value is -2.63. The van der Waals surface area contributed by atoms with Gasteiger partial charge in [-0.25, -0.2) is 0 Å². The van der Waals surface area contributed by atoms with Crippen molar-refractivity contribution in [3.8, 4) is 12.3 Å². The largest absolute Gasteiger partial charge is 0.379 e. The highest BCUT2D eigenvalue weighted by atomic mass is 16.6. The predicted molar refractivity (Wildman–Crippen MR) is 108 cm³/mol. The number of nitro groups is 1. The molecule has 0 spiro atoms. The molecule has 8 heteroatoms. The van der Waals surface area contributed by atoms with E-state index in [9.17, 15) is 14.9 Å². The van der Waals surface area contributed by atoms with Gasteiger partial charge < -0.3 is 15.4 Å². The first kappa shape index (κ1) is 24.4. The van der Waals surface area contributed by atoms with Crippen molar-refractivity contribution in [1.82, 2.24) is 10.2 Å². The molecular formula is C19H30N4O4. The van der Waals surface area contributed by atoms with Gasteiger partial charge in [0, 0.05) is 32.2 Å². The van der Waals surface area contributed by atoms with Crippen molar-refractivity contribution in [3.05, 3.63) is 33.9 Å². The van der Waals surface area contributed by atoms with Crippen molar-refractivity contribution in [1.29, 1.82) is 0 Å². The Balaban J connectivity index is 0.000000469. The lowest BCUT2D eigenvalue weighted by Crippen LogP contribution is -2.40. The third-order valence-corrected chi connectivity index (χ3v) is 3.49. The summed E-state index contributed by atoms with van der Waals surface area (Å²) in [6.45, 7) is 11.4. The van der Waals surface area contributed by atoms with E-state index >= 15 is 0 Å². The fourth-order valence-corrected chi connectivity index (χ4v) is 2.19. The van der Waals surface area contributed by atoms with E-state index in [1.807, 2.05) is 13.8 Å². The van der Waals surface area contributed by atoms with Gasteiger partial charge in [0.15, 0.2) is 0 Å². The standard InChI is InChI=1S/C10H10N2O2.C7H14N2O2.C2H6/c1-3-6-11-9-5-4-8(2)7-10(9)12(13)14;10-7-8-1-2-9-3-5-11-6-4-9;1-2/h1,4-5,7,11H,6H2,2H3;7H,1-6H2,(H,8,10);1-2H3. The maximum absolute atomic E-state index is 10.7. The zero-order valence-corrected chi connectivity index (χ0v) is 16.4. The fraction of sp³-hybridized carbons (Fsp3) is 0.526. The van der Waals surface area contributed by atoms with E-state index in [0.717, 1.165) is 51.4 Å². The van der Waals surface area contributed by atoms with Crippen LogP contribution in [0.15, 0.2) is 18.2 Å². The highest BCUT2D eigenvalue weighted by molar-refractivity contribution is 5.62. The van der Waals surface area contributed by atoms with E-state index in [4.69, 9.17) is 11.2 Å². The normalized spacial score (nSPS) is 13.0. The summed E-state index contributed by atoms with van der Waals surface area (Å²) in [5, 5.41) is 16.1. The number of morpholine rings is 1. The van der Waals surface area contributed by atoms with Gasteiger partial charge in [-0.3, -0.25) is 19.8 Å². The number of ether oxygens (including phenoxy) is 1. The van der Waals surface area contributed by atoms with Crippen LogP contribution in [0, 0.1) is 29.4 Å². The number of aryl methyl sites for hydroxylation is 1. The number of anilines is 1. The minimum Gasteiger partial charge on any atom is -0.379 e. The molecule has 0 saturated carbocycles. The van der Waals surface area contributed by atoms with Crippen LogP contribution in [0.2, 0.25) is 0 Å². The number of carbonyl (C=O) groups is 1. The van der Waals surface area contributed by atoms with Crippen LogP contribution in [-0.4, -0.2) is 62.2 Å². The number of nitro benzene ring substituents is 1. The van der Waals surface area contributed by atoms with Crippen LogP contribution in [0.25, 0.3) is 0 Å². The average Bonchev–Trinajstić information content (AvgIpc) is 2.70. The number of benzene rings is 1. The van der Waals surface area contributed by atoms with Gasteiger partial charge in [0.1, 0.15) is 5.69 Å². The molecule has 0 aromatic heterocycles. The number of nitrogens with one attached hydrogen (secondary N) is 2. The highest BCUT2D eigenvalue weighted by Crippen LogP contribution is 2.24. The summed E-state index contributed by atoms with van der Waals surface area (Å²) in [5.41, 5.74) is 1.36. The van der Waals surface area contributed by atoms with Gasteiger partial charge >= 0.3 is 0 Å². The molecule has 2 rings (SSSR count). The SMILES string of the molecule is C#CCNc1ccc(C)cc1[N+](=O)[O-].CC.O=CNCCN1CCOCC1. The third-order valence-electron chi connectivity index (χ3n) is 3.49. The number of rotatable bonds is 7. The minimum absolute atomic E-state index is 0.0558. The Morgan fingerprint density at radius 2 is 2.04 bits per heavy atom. The van der Waals surface area contributed by atoms with Crippen LogP contribution in [0.4, 0.5) is 11.4 Å². The number of nitrogens with zero attached hydrogens (tertiary/aromatic N) is 2. The molecular weight excluding hydrogens is 348 g/mol. The van der Waals surface area contributed by atoms with Crippen molar-refractivity contribution < 1.29 is 14.5 Å². The summed E-state index contributed by atoms with van der Waals surface area (Å²) >= 11 is 0. The molecule has 1 fully saturated rings. The van der Waals surface area contributed by atoms with E-state index in [-0.39, 0.29) is 12.2 Å². The monoisotopic (exact) mass is 378 g/mol. The number of hydrogen-bond donors (Lipinski definition) is 2. The van der Waals surface area contributed by atoms with Gasteiger partial charge in [-0.1, -0.05) is 25.8 Å². The van der Waals surface area contributed by atoms with Gasteiger partial charge in [-0.2, -0.15) is 0 Å². The van der Waals surface area contributed by atoms with Crippen molar-refractivity contribution in [3.63, 3.8) is 0 Å². The lowest BCUT2D eigenvalue weighted by atomic mass is 10.2. The van der Waals surface area contributed by atoms with E-state index in [0.29, 0.717) is 5.69 Å². The molecule has 1 aromatic carbocycles. The molecule has 1 aliphatic heterocycles. The Morgan fingerprint density at radius 3 is 2.59 bits per heavy atom. The molecule has 0 aliphatic carbocycles. The number of amides is 1. The molecule has 0 bridgehead atoms. The van der Waals surface area contributed by atoms with Crippen molar-refractivity contribution in [2.75, 3.05) is 51.3 Å². The second kappa shape index (κ2) is 15.6. The van der Waals surface area contributed by atoms with Gasteiger partial charge in [-0.15, -0.1) is 6.42 Å². The first-order valence-corrected chi connectivity index (χ1v) is 8.98. The topological polar surface area (TPSA) is 96.7 Å². The second-order valence-electron chi connectivity index (χ2n) is 5.36. The van der Waals surface area contributed by atoms with Gasteiger partial charge in [0.05, 0.1) is 24.7 Å². The van der Waals surface area contributed by atoms with Crippen molar-refractivity contribution >= 4 is 17.8 Å². The number of terminal acetylenes is 1. The smallest absolute Gasteiger partial charge is 0.292 e. The fourth-order valence-electron chi connectivity index (χ4n) is 2.19. The Morgan fingerprint density at radius 1 is 1.37 bits per heavy atom. The van der Waals surface area contributed by atoms with Gasteiger partial charge in [0.25, 0.3) is 5.69 Å². The molecule has 0 unspecified atom stereocenters. The molecule has 27 heavy (non-hydrogen) atoms. The van der Waals surface area contributed by atoms with Crippen LogP contribution >= 0.6 is 0 Å². The summed E-state index contributed by atoms with van der Waals surface area (Å²) in [5.74, 6) is 2.36. The zero-order chi connectivity index (χ0) is 20.5.